The summed E-state index contributed by atoms with van der Waals surface area (Å²) in [5.74, 6) is 0.783. The van der Waals surface area contributed by atoms with Gasteiger partial charge in [-0.05, 0) is 19.1 Å². The van der Waals surface area contributed by atoms with Gasteiger partial charge in [-0.3, -0.25) is 4.79 Å². The van der Waals surface area contributed by atoms with Crippen molar-refractivity contribution in [3.8, 4) is 5.75 Å². The third-order valence-corrected chi connectivity index (χ3v) is 2.33. The van der Waals surface area contributed by atoms with E-state index in [1.54, 1.807) is 6.08 Å². The van der Waals surface area contributed by atoms with Crippen LogP contribution in [0.5, 0.6) is 5.75 Å². The number of hydrogen-bond donors (Lipinski definition) is 1. The van der Waals surface area contributed by atoms with E-state index in [1.165, 1.54) is 6.08 Å². The van der Waals surface area contributed by atoms with E-state index in [1.807, 2.05) is 31.2 Å². The van der Waals surface area contributed by atoms with Gasteiger partial charge in [-0.15, -0.1) is 0 Å². The third kappa shape index (κ3) is 2.01. The van der Waals surface area contributed by atoms with E-state index < -0.39 is 0 Å². The van der Waals surface area contributed by atoms with Crippen molar-refractivity contribution in [3.63, 3.8) is 0 Å². The topological polar surface area (TPSA) is 38.3 Å². The number of carbonyl (C=O) groups is 1. The van der Waals surface area contributed by atoms with E-state index in [0.29, 0.717) is 6.61 Å². The highest BCUT2D eigenvalue weighted by Gasteiger charge is 2.23. The van der Waals surface area contributed by atoms with Gasteiger partial charge in [0.25, 0.3) is 0 Å². The van der Waals surface area contributed by atoms with Gasteiger partial charge in [-0.2, -0.15) is 0 Å². The molecule has 2 rings (SSSR count). The number of benzene rings is 1. The molecule has 3 heteroatoms. The van der Waals surface area contributed by atoms with Crippen LogP contribution in [0.15, 0.2) is 36.4 Å². The molecule has 78 valence electrons. The molecule has 3 nitrogen and oxygen atoms in total. The fourth-order valence-corrected chi connectivity index (χ4v) is 1.65. The van der Waals surface area contributed by atoms with Crippen LogP contribution in [-0.4, -0.2) is 12.5 Å². The number of hydrogen-bond acceptors (Lipinski definition) is 2. The van der Waals surface area contributed by atoms with Crippen LogP contribution in [0.3, 0.4) is 0 Å². The predicted molar refractivity (Wildman–Crippen MR) is 57.6 cm³/mol. The summed E-state index contributed by atoms with van der Waals surface area (Å²) in [6, 6.07) is 7.74. The number of fused-ring (bicyclic) bond motifs is 1. The summed E-state index contributed by atoms with van der Waals surface area (Å²) >= 11 is 0. The molecule has 1 atom stereocenters. The molecule has 0 radical (unpaired) electrons. The Hall–Kier alpha value is -1.77. The van der Waals surface area contributed by atoms with Crippen molar-refractivity contribution in [2.45, 2.75) is 13.0 Å². The highest BCUT2D eigenvalue weighted by Crippen LogP contribution is 2.31. The third-order valence-electron chi connectivity index (χ3n) is 2.33. The largest absolute Gasteiger partial charge is 0.491 e. The minimum Gasteiger partial charge on any atom is -0.491 e. The Morgan fingerprint density at radius 3 is 3.13 bits per heavy atom. The number of ether oxygens (including phenoxy) is 1. The Balaban J connectivity index is 2.11. The number of nitrogens with one attached hydrogen (secondary N) is 1. The number of carbonyl (C=O) groups excluding carboxylic acids is 1. The van der Waals surface area contributed by atoms with Gasteiger partial charge in [-0.25, -0.2) is 0 Å². The highest BCUT2D eigenvalue weighted by atomic mass is 16.5. The maximum atomic E-state index is 11.4. The zero-order valence-corrected chi connectivity index (χ0v) is 8.57. The maximum absolute atomic E-state index is 11.4. The molecule has 1 amide bonds. The van der Waals surface area contributed by atoms with Crippen molar-refractivity contribution in [2.75, 3.05) is 6.61 Å². The molecule has 1 unspecified atom stereocenters. The lowest BCUT2D eigenvalue weighted by Crippen LogP contribution is -2.27. The standard InChI is InChI=1S/C12H13NO2/c1-2-5-12(14)13-10-8-15-11-7-4-3-6-9(10)11/h2-7,10H,8H2,1H3,(H,13,14)/b5-2+. The Labute approximate surface area is 88.8 Å². The van der Waals surface area contributed by atoms with E-state index in [0.717, 1.165) is 11.3 Å². The summed E-state index contributed by atoms with van der Waals surface area (Å²) in [7, 11) is 0. The van der Waals surface area contributed by atoms with Crippen LogP contribution in [-0.2, 0) is 4.79 Å². The molecule has 0 saturated heterocycles. The van der Waals surface area contributed by atoms with Crippen molar-refractivity contribution in [1.82, 2.24) is 5.32 Å². The van der Waals surface area contributed by atoms with Crippen LogP contribution >= 0.6 is 0 Å². The Morgan fingerprint density at radius 2 is 2.33 bits per heavy atom. The Bertz CT molecular complexity index is 398. The molecule has 0 saturated carbocycles. The van der Waals surface area contributed by atoms with Crippen LogP contribution in [0.25, 0.3) is 0 Å². The summed E-state index contributed by atoms with van der Waals surface area (Å²) in [5, 5.41) is 2.89. The summed E-state index contributed by atoms with van der Waals surface area (Å²) in [4.78, 5) is 11.4. The Morgan fingerprint density at radius 1 is 1.53 bits per heavy atom. The van der Waals surface area contributed by atoms with Gasteiger partial charge >= 0.3 is 0 Å². The van der Waals surface area contributed by atoms with Crippen LogP contribution in [0.1, 0.15) is 18.5 Å². The predicted octanol–water partition coefficient (Wildman–Crippen LogP) is 1.81. The monoisotopic (exact) mass is 203 g/mol. The SMILES string of the molecule is C/C=C/C(=O)NC1COc2ccccc21. The van der Waals surface area contributed by atoms with E-state index in [-0.39, 0.29) is 11.9 Å². The van der Waals surface area contributed by atoms with Gasteiger partial charge in [0.05, 0.1) is 6.04 Å². The normalized spacial score (nSPS) is 18.6. The second-order valence-corrected chi connectivity index (χ2v) is 3.41. The first-order valence-electron chi connectivity index (χ1n) is 4.96. The van der Waals surface area contributed by atoms with Crippen molar-refractivity contribution >= 4 is 5.91 Å². The van der Waals surface area contributed by atoms with Gasteiger partial charge in [0.1, 0.15) is 12.4 Å². The summed E-state index contributed by atoms with van der Waals surface area (Å²) in [5.41, 5.74) is 1.05. The quantitative estimate of drug-likeness (QED) is 0.744. The molecule has 0 fully saturated rings. The molecule has 1 aliphatic rings. The minimum absolute atomic E-state index is 0.0232. The van der Waals surface area contributed by atoms with Gasteiger partial charge < -0.3 is 10.1 Å². The average molecular weight is 203 g/mol. The molecule has 1 aromatic carbocycles. The first kappa shape index (κ1) is 9.77. The second-order valence-electron chi connectivity index (χ2n) is 3.41. The molecule has 15 heavy (non-hydrogen) atoms. The lowest BCUT2D eigenvalue weighted by Gasteiger charge is -2.09. The van der Waals surface area contributed by atoms with Crippen LogP contribution in [0.2, 0.25) is 0 Å². The smallest absolute Gasteiger partial charge is 0.244 e. The molecule has 1 N–H and O–H groups in total. The molecule has 0 aromatic heterocycles. The summed E-state index contributed by atoms with van der Waals surface area (Å²) in [6.45, 7) is 2.33. The van der Waals surface area contributed by atoms with E-state index >= 15 is 0 Å². The summed E-state index contributed by atoms with van der Waals surface area (Å²) < 4.78 is 5.45. The van der Waals surface area contributed by atoms with Crippen LogP contribution in [0.4, 0.5) is 0 Å². The number of para-hydroxylation sites is 1. The molecule has 1 aromatic rings. The lowest BCUT2D eigenvalue weighted by atomic mass is 10.1. The van der Waals surface area contributed by atoms with E-state index in [2.05, 4.69) is 5.32 Å². The molecule has 0 aliphatic carbocycles. The van der Waals surface area contributed by atoms with Gasteiger partial charge in [0, 0.05) is 5.56 Å². The molecular formula is C12H13NO2. The molecule has 0 bridgehead atoms. The van der Waals surface area contributed by atoms with Crippen molar-refractivity contribution in [1.29, 1.82) is 0 Å². The maximum Gasteiger partial charge on any atom is 0.244 e. The molecule has 1 heterocycles. The van der Waals surface area contributed by atoms with E-state index in [9.17, 15) is 4.79 Å². The van der Waals surface area contributed by atoms with Crippen LogP contribution < -0.4 is 10.1 Å². The van der Waals surface area contributed by atoms with Crippen molar-refractivity contribution in [2.24, 2.45) is 0 Å². The number of rotatable bonds is 2. The van der Waals surface area contributed by atoms with E-state index in [4.69, 9.17) is 4.74 Å². The van der Waals surface area contributed by atoms with Crippen LogP contribution in [0, 0.1) is 0 Å². The fourth-order valence-electron chi connectivity index (χ4n) is 1.65. The zero-order chi connectivity index (χ0) is 10.7. The van der Waals surface area contributed by atoms with Crippen molar-refractivity contribution in [3.05, 3.63) is 42.0 Å². The molecule has 0 spiro atoms. The first-order chi connectivity index (χ1) is 7.31. The lowest BCUT2D eigenvalue weighted by molar-refractivity contribution is -0.117. The van der Waals surface area contributed by atoms with Gasteiger partial charge in [0.15, 0.2) is 0 Å². The summed E-state index contributed by atoms with van der Waals surface area (Å²) in [6.07, 6.45) is 3.23. The molecule has 1 aliphatic heterocycles. The van der Waals surface area contributed by atoms with Crippen molar-refractivity contribution < 1.29 is 9.53 Å². The average Bonchev–Trinajstić information content (AvgIpc) is 2.62. The van der Waals surface area contributed by atoms with Gasteiger partial charge in [-0.1, -0.05) is 24.3 Å². The number of allylic oxidation sites excluding steroid dienone is 1. The Kier molecular flexibility index (Phi) is 2.72. The number of amides is 1. The minimum atomic E-state index is -0.0807. The second kappa shape index (κ2) is 4.17. The first-order valence-corrected chi connectivity index (χ1v) is 4.96. The zero-order valence-electron chi connectivity index (χ0n) is 8.57. The van der Waals surface area contributed by atoms with Gasteiger partial charge in [0.2, 0.25) is 5.91 Å². The fraction of sp³-hybridized carbons (Fsp3) is 0.250. The highest BCUT2D eigenvalue weighted by molar-refractivity contribution is 5.87. The molecular weight excluding hydrogens is 190 g/mol.